The van der Waals surface area contributed by atoms with Gasteiger partial charge in [0.05, 0.1) is 0 Å². The SMILES string of the molecule is CCSc1nn(C)cc1C. The normalized spacial score (nSPS) is 10.3. The zero-order chi connectivity index (χ0) is 7.56. The molecule has 56 valence electrons. The van der Waals surface area contributed by atoms with Crippen molar-refractivity contribution < 1.29 is 0 Å². The number of thioether (sulfide) groups is 1. The maximum absolute atomic E-state index is 4.28. The highest BCUT2D eigenvalue weighted by atomic mass is 32.2. The van der Waals surface area contributed by atoms with Gasteiger partial charge in [-0.25, -0.2) is 0 Å². The van der Waals surface area contributed by atoms with Crippen LogP contribution in [0.1, 0.15) is 12.5 Å². The monoisotopic (exact) mass is 156 g/mol. The van der Waals surface area contributed by atoms with Crippen molar-refractivity contribution in [2.24, 2.45) is 7.05 Å². The fourth-order valence-electron chi connectivity index (χ4n) is 0.866. The number of aryl methyl sites for hydroxylation is 2. The molecule has 0 unspecified atom stereocenters. The lowest BCUT2D eigenvalue weighted by Gasteiger charge is -1.90. The molecule has 1 rings (SSSR count). The third kappa shape index (κ3) is 1.53. The molecule has 0 radical (unpaired) electrons. The Balaban J connectivity index is 2.81. The zero-order valence-electron chi connectivity index (χ0n) is 6.59. The molecular formula is C7H12N2S. The van der Waals surface area contributed by atoms with Crippen LogP contribution in [0.5, 0.6) is 0 Å². The molecule has 0 aliphatic heterocycles. The van der Waals surface area contributed by atoms with Crippen LogP contribution >= 0.6 is 11.8 Å². The molecule has 0 bridgehead atoms. The lowest BCUT2D eigenvalue weighted by Crippen LogP contribution is -1.86. The van der Waals surface area contributed by atoms with Gasteiger partial charge in [-0.15, -0.1) is 11.8 Å². The highest BCUT2D eigenvalue weighted by molar-refractivity contribution is 7.99. The number of hydrogen-bond donors (Lipinski definition) is 0. The average Bonchev–Trinajstić information content (AvgIpc) is 2.13. The number of nitrogens with zero attached hydrogens (tertiary/aromatic N) is 2. The zero-order valence-corrected chi connectivity index (χ0v) is 7.40. The summed E-state index contributed by atoms with van der Waals surface area (Å²) in [4.78, 5) is 0. The predicted octanol–water partition coefficient (Wildman–Crippen LogP) is 1.84. The van der Waals surface area contributed by atoms with E-state index in [9.17, 15) is 0 Å². The lowest BCUT2D eigenvalue weighted by molar-refractivity contribution is 0.738. The van der Waals surface area contributed by atoms with E-state index in [1.165, 1.54) is 5.56 Å². The fraction of sp³-hybridized carbons (Fsp3) is 0.571. The van der Waals surface area contributed by atoms with Gasteiger partial charge in [-0.1, -0.05) is 6.92 Å². The molecule has 0 spiro atoms. The first kappa shape index (κ1) is 7.66. The van der Waals surface area contributed by atoms with Gasteiger partial charge < -0.3 is 0 Å². The second-order valence-corrected chi connectivity index (χ2v) is 3.48. The highest BCUT2D eigenvalue weighted by Crippen LogP contribution is 2.18. The summed E-state index contributed by atoms with van der Waals surface area (Å²) < 4.78 is 1.85. The van der Waals surface area contributed by atoms with E-state index in [4.69, 9.17) is 0 Å². The molecule has 0 fully saturated rings. The van der Waals surface area contributed by atoms with Gasteiger partial charge in [-0.3, -0.25) is 4.68 Å². The van der Waals surface area contributed by atoms with Crippen LogP contribution in [0, 0.1) is 6.92 Å². The van der Waals surface area contributed by atoms with Crippen LogP contribution < -0.4 is 0 Å². The van der Waals surface area contributed by atoms with Gasteiger partial charge in [0.15, 0.2) is 0 Å². The van der Waals surface area contributed by atoms with Gasteiger partial charge >= 0.3 is 0 Å². The minimum Gasteiger partial charge on any atom is -0.274 e. The van der Waals surface area contributed by atoms with E-state index in [0.29, 0.717) is 0 Å². The van der Waals surface area contributed by atoms with Gasteiger partial charge in [0.25, 0.3) is 0 Å². The second kappa shape index (κ2) is 3.10. The molecule has 10 heavy (non-hydrogen) atoms. The van der Waals surface area contributed by atoms with E-state index < -0.39 is 0 Å². The summed E-state index contributed by atoms with van der Waals surface area (Å²) in [6, 6.07) is 0. The summed E-state index contributed by atoms with van der Waals surface area (Å²) >= 11 is 1.79. The Hall–Kier alpha value is -0.440. The maximum Gasteiger partial charge on any atom is 0.121 e. The van der Waals surface area contributed by atoms with Crippen molar-refractivity contribution in [2.45, 2.75) is 18.9 Å². The van der Waals surface area contributed by atoms with E-state index in [0.717, 1.165) is 10.8 Å². The van der Waals surface area contributed by atoms with E-state index in [-0.39, 0.29) is 0 Å². The van der Waals surface area contributed by atoms with Crippen molar-refractivity contribution in [3.05, 3.63) is 11.8 Å². The molecule has 0 atom stereocenters. The topological polar surface area (TPSA) is 17.8 Å². The largest absolute Gasteiger partial charge is 0.274 e. The molecule has 0 saturated carbocycles. The molecule has 1 aromatic heterocycles. The van der Waals surface area contributed by atoms with Crippen LogP contribution in [0.2, 0.25) is 0 Å². The van der Waals surface area contributed by atoms with E-state index in [1.807, 2.05) is 17.9 Å². The first-order valence-electron chi connectivity index (χ1n) is 3.37. The molecule has 0 saturated heterocycles. The van der Waals surface area contributed by atoms with Crippen molar-refractivity contribution in [3.8, 4) is 0 Å². The predicted molar refractivity (Wildman–Crippen MR) is 44.3 cm³/mol. The molecular weight excluding hydrogens is 144 g/mol. The summed E-state index contributed by atoms with van der Waals surface area (Å²) in [6.45, 7) is 4.23. The van der Waals surface area contributed by atoms with E-state index >= 15 is 0 Å². The molecule has 0 N–H and O–H groups in total. The molecule has 0 aromatic carbocycles. The third-order valence-corrected chi connectivity index (χ3v) is 2.21. The Morgan fingerprint density at radius 3 is 2.80 bits per heavy atom. The van der Waals surface area contributed by atoms with Gasteiger partial charge in [0.2, 0.25) is 0 Å². The summed E-state index contributed by atoms with van der Waals surface area (Å²) in [7, 11) is 1.95. The van der Waals surface area contributed by atoms with E-state index in [2.05, 4.69) is 18.9 Å². The average molecular weight is 156 g/mol. The Kier molecular flexibility index (Phi) is 2.38. The summed E-state index contributed by atoms with van der Waals surface area (Å²) in [6.07, 6.45) is 2.04. The van der Waals surface area contributed by atoms with Crippen LogP contribution in [0.4, 0.5) is 0 Å². The second-order valence-electron chi connectivity index (χ2n) is 2.22. The van der Waals surface area contributed by atoms with Crippen molar-refractivity contribution in [2.75, 3.05) is 5.75 Å². The smallest absolute Gasteiger partial charge is 0.121 e. The highest BCUT2D eigenvalue weighted by Gasteiger charge is 2.00. The van der Waals surface area contributed by atoms with Crippen molar-refractivity contribution in [1.29, 1.82) is 0 Å². The minimum absolute atomic E-state index is 1.10. The fourth-order valence-corrected chi connectivity index (χ4v) is 1.61. The quantitative estimate of drug-likeness (QED) is 0.608. The van der Waals surface area contributed by atoms with E-state index in [1.54, 1.807) is 11.8 Å². The van der Waals surface area contributed by atoms with Gasteiger partial charge in [-0.05, 0) is 12.7 Å². The molecule has 0 aliphatic carbocycles. The van der Waals surface area contributed by atoms with Crippen LogP contribution in [0.3, 0.4) is 0 Å². The Bertz CT molecular complexity index is 217. The molecule has 0 aliphatic rings. The molecule has 0 amide bonds. The standard InChI is InChI=1S/C7H12N2S/c1-4-10-7-6(2)5-9(3)8-7/h5H,4H2,1-3H3. The Morgan fingerprint density at radius 1 is 1.70 bits per heavy atom. The molecule has 3 heteroatoms. The maximum atomic E-state index is 4.28. The first-order valence-corrected chi connectivity index (χ1v) is 4.35. The Labute approximate surface area is 65.6 Å². The Morgan fingerprint density at radius 2 is 2.40 bits per heavy atom. The number of rotatable bonds is 2. The van der Waals surface area contributed by atoms with Gasteiger partial charge in [-0.2, -0.15) is 5.10 Å². The summed E-state index contributed by atoms with van der Waals surface area (Å²) in [5.41, 5.74) is 1.27. The van der Waals surface area contributed by atoms with Crippen LogP contribution in [0.25, 0.3) is 0 Å². The number of hydrogen-bond acceptors (Lipinski definition) is 2. The van der Waals surface area contributed by atoms with Crippen LogP contribution in [-0.2, 0) is 7.05 Å². The number of aromatic nitrogens is 2. The van der Waals surface area contributed by atoms with Gasteiger partial charge in [0.1, 0.15) is 5.03 Å². The van der Waals surface area contributed by atoms with Crippen molar-refractivity contribution >= 4 is 11.8 Å². The molecule has 1 heterocycles. The minimum atomic E-state index is 1.10. The molecule has 1 aromatic rings. The summed E-state index contributed by atoms with van der Waals surface area (Å²) in [5.74, 6) is 1.10. The van der Waals surface area contributed by atoms with Crippen molar-refractivity contribution in [3.63, 3.8) is 0 Å². The van der Waals surface area contributed by atoms with Crippen LogP contribution in [0.15, 0.2) is 11.2 Å². The summed E-state index contributed by atoms with van der Waals surface area (Å²) in [5, 5.41) is 5.44. The lowest BCUT2D eigenvalue weighted by atomic mass is 10.4. The third-order valence-electron chi connectivity index (χ3n) is 1.25. The van der Waals surface area contributed by atoms with Crippen molar-refractivity contribution in [1.82, 2.24) is 9.78 Å². The van der Waals surface area contributed by atoms with Gasteiger partial charge in [0, 0.05) is 18.8 Å². The molecule has 2 nitrogen and oxygen atoms in total. The first-order chi connectivity index (χ1) is 4.74. The van der Waals surface area contributed by atoms with Crippen LogP contribution in [-0.4, -0.2) is 15.5 Å².